The number of hydrogen-bond acceptors (Lipinski definition) is 2. The summed E-state index contributed by atoms with van der Waals surface area (Å²) in [6, 6.07) is 3.42. The van der Waals surface area contributed by atoms with Gasteiger partial charge in [0, 0.05) is 6.04 Å². The van der Waals surface area contributed by atoms with Crippen LogP contribution in [0.2, 0.25) is 0 Å². The maximum absolute atomic E-state index is 11.4. The molecule has 0 aliphatic heterocycles. The van der Waals surface area contributed by atoms with E-state index in [1.54, 1.807) is 18.2 Å². The predicted octanol–water partition coefficient (Wildman–Crippen LogP) is 1.97. The fourth-order valence-corrected chi connectivity index (χ4v) is 1.01. The predicted molar refractivity (Wildman–Crippen MR) is 50.5 cm³/mol. The number of amides is 1. The smallest absolute Gasteiger partial charge is 0.287 e. The van der Waals surface area contributed by atoms with Gasteiger partial charge in [0.1, 0.15) is 0 Å². The van der Waals surface area contributed by atoms with E-state index in [0.29, 0.717) is 5.76 Å². The van der Waals surface area contributed by atoms with Crippen LogP contribution in [0, 0.1) is 0 Å². The van der Waals surface area contributed by atoms with Gasteiger partial charge in [0.2, 0.25) is 0 Å². The first-order valence-electron chi connectivity index (χ1n) is 4.19. The van der Waals surface area contributed by atoms with Gasteiger partial charge in [0.05, 0.1) is 6.26 Å². The Labute approximate surface area is 77.4 Å². The zero-order chi connectivity index (χ0) is 9.68. The van der Waals surface area contributed by atoms with E-state index in [1.807, 2.05) is 6.92 Å². The number of carbonyl (C=O) groups is 1. The maximum Gasteiger partial charge on any atom is 0.287 e. The van der Waals surface area contributed by atoms with Crippen molar-refractivity contribution in [2.75, 3.05) is 0 Å². The normalized spacial score (nSPS) is 12.1. The van der Waals surface area contributed by atoms with Crippen molar-refractivity contribution < 1.29 is 9.21 Å². The quantitative estimate of drug-likeness (QED) is 0.718. The zero-order valence-corrected chi connectivity index (χ0v) is 7.62. The van der Waals surface area contributed by atoms with Gasteiger partial charge in [-0.3, -0.25) is 4.79 Å². The Balaban J connectivity index is 2.46. The second kappa shape index (κ2) is 4.50. The lowest BCUT2D eigenvalue weighted by molar-refractivity contribution is 0.0912. The summed E-state index contributed by atoms with van der Waals surface area (Å²) in [6.07, 6.45) is 4.01. The van der Waals surface area contributed by atoms with Crippen molar-refractivity contribution in [2.24, 2.45) is 0 Å². The molecule has 13 heavy (non-hydrogen) atoms. The highest BCUT2D eigenvalue weighted by molar-refractivity contribution is 5.91. The molecule has 70 valence electrons. The molecule has 1 heterocycles. The Hall–Kier alpha value is -1.51. The minimum atomic E-state index is -0.181. The van der Waals surface area contributed by atoms with Crippen LogP contribution in [-0.4, -0.2) is 11.9 Å². The van der Waals surface area contributed by atoms with E-state index in [1.165, 1.54) is 6.26 Å². The van der Waals surface area contributed by atoms with Crippen molar-refractivity contribution in [3.63, 3.8) is 0 Å². The van der Waals surface area contributed by atoms with Crippen LogP contribution in [0.3, 0.4) is 0 Å². The van der Waals surface area contributed by atoms with Crippen LogP contribution < -0.4 is 5.32 Å². The Morgan fingerprint density at radius 2 is 2.62 bits per heavy atom. The van der Waals surface area contributed by atoms with Gasteiger partial charge < -0.3 is 9.73 Å². The average Bonchev–Trinajstić information content (AvgIpc) is 2.55. The topological polar surface area (TPSA) is 42.2 Å². The van der Waals surface area contributed by atoms with Gasteiger partial charge in [-0.1, -0.05) is 6.08 Å². The van der Waals surface area contributed by atoms with Gasteiger partial charge in [-0.25, -0.2) is 0 Å². The summed E-state index contributed by atoms with van der Waals surface area (Å²) in [6.45, 7) is 5.52. The summed E-state index contributed by atoms with van der Waals surface area (Å²) in [5.74, 6) is 0.162. The SMILES string of the molecule is C=CCC(C)NC(=O)c1ccco1. The molecule has 0 saturated carbocycles. The van der Waals surface area contributed by atoms with E-state index in [4.69, 9.17) is 4.42 Å². The highest BCUT2D eigenvalue weighted by Crippen LogP contribution is 2.01. The molecule has 0 radical (unpaired) electrons. The van der Waals surface area contributed by atoms with E-state index in [-0.39, 0.29) is 11.9 Å². The van der Waals surface area contributed by atoms with E-state index in [0.717, 1.165) is 6.42 Å². The Morgan fingerprint density at radius 3 is 3.15 bits per heavy atom. The molecule has 1 rings (SSSR count). The van der Waals surface area contributed by atoms with Crippen molar-refractivity contribution in [1.29, 1.82) is 0 Å². The van der Waals surface area contributed by atoms with E-state index < -0.39 is 0 Å². The minimum Gasteiger partial charge on any atom is -0.459 e. The molecule has 0 aliphatic rings. The van der Waals surface area contributed by atoms with Crippen molar-refractivity contribution >= 4 is 5.91 Å². The van der Waals surface area contributed by atoms with Crippen molar-refractivity contribution in [2.45, 2.75) is 19.4 Å². The first-order valence-corrected chi connectivity index (χ1v) is 4.19. The van der Waals surface area contributed by atoms with Crippen LogP contribution >= 0.6 is 0 Å². The lowest BCUT2D eigenvalue weighted by Crippen LogP contribution is -2.31. The monoisotopic (exact) mass is 179 g/mol. The summed E-state index contributed by atoms with van der Waals surface area (Å²) in [5.41, 5.74) is 0. The average molecular weight is 179 g/mol. The molecule has 0 aliphatic carbocycles. The lowest BCUT2D eigenvalue weighted by atomic mass is 10.2. The Bertz CT molecular complexity index is 277. The third kappa shape index (κ3) is 2.78. The Morgan fingerprint density at radius 1 is 1.85 bits per heavy atom. The highest BCUT2D eigenvalue weighted by Gasteiger charge is 2.10. The number of carbonyl (C=O) groups excluding carboxylic acids is 1. The van der Waals surface area contributed by atoms with Gasteiger partial charge >= 0.3 is 0 Å². The molecule has 3 heteroatoms. The second-order valence-electron chi connectivity index (χ2n) is 2.88. The van der Waals surface area contributed by atoms with Gasteiger partial charge in [0.15, 0.2) is 5.76 Å². The van der Waals surface area contributed by atoms with Crippen LogP contribution in [0.4, 0.5) is 0 Å². The molecule has 1 aromatic rings. The fraction of sp³-hybridized carbons (Fsp3) is 0.300. The first kappa shape index (κ1) is 9.58. The zero-order valence-electron chi connectivity index (χ0n) is 7.62. The van der Waals surface area contributed by atoms with Crippen LogP contribution in [0.1, 0.15) is 23.9 Å². The number of furan rings is 1. The molecular weight excluding hydrogens is 166 g/mol. The van der Waals surface area contributed by atoms with Crippen molar-refractivity contribution in [1.82, 2.24) is 5.32 Å². The molecule has 0 spiro atoms. The fourth-order valence-electron chi connectivity index (χ4n) is 1.01. The van der Waals surface area contributed by atoms with E-state index >= 15 is 0 Å². The summed E-state index contributed by atoms with van der Waals surface area (Å²) in [4.78, 5) is 11.4. The molecule has 1 N–H and O–H groups in total. The molecule has 1 atom stereocenters. The number of rotatable bonds is 4. The Kier molecular flexibility index (Phi) is 3.31. The maximum atomic E-state index is 11.4. The van der Waals surface area contributed by atoms with Gasteiger partial charge in [-0.15, -0.1) is 6.58 Å². The third-order valence-electron chi connectivity index (χ3n) is 1.64. The summed E-state index contributed by atoms with van der Waals surface area (Å²) >= 11 is 0. The van der Waals surface area contributed by atoms with Crippen molar-refractivity contribution in [3.05, 3.63) is 36.8 Å². The minimum absolute atomic E-state index is 0.0927. The molecule has 0 bridgehead atoms. The molecular formula is C10H13NO2. The van der Waals surface area contributed by atoms with Crippen LogP contribution in [-0.2, 0) is 0 Å². The standard InChI is InChI=1S/C10H13NO2/c1-3-5-8(2)11-10(12)9-6-4-7-13-9/h3-4,6-8H,1,5H2,2H3,(H,11,12). The largest absolute Gasteiger partial charge is 0.459 e. The van der Waals surface area contributed by atoms with Gasteiger partial charge in [-0.2, -0.15) is 0 Å². The van der Waals surface area contributed by atoms with Gasteiger partial charge in [0.25, 0.3) is 5.91 Å². The lowest BCUT2D eigenvalue weighted by Gasteiger charge is -2.09. The molecule has 1 unspecified atom stereocenters. The summed E-state index contributed by atoms with van der Waals surface area (Å²) in [5, 5.41) is 2.78. The van der Waals surface area contributed by atoms with Crippen LogP contribution in [0.15, 0.2) is 35.5 Å². The van der Waals surface area contributed by atoms with Gasteiger partial charge in [-0.05, 0) is 25.5 Å². The molecule has 0 saturated heterocycles. The number of hydrogen-bond donors (Lipinski definition) is 1. The number of nitrogens with one attached hydrogen (secondary N) is 1. The van der Waals surface area contributed by atoms with E-state index in [9.17, 15) is 4.79 Å². The highest BCUT2D eigenvalue weighted by atomic mass is 16.3. The summed E-state index contributed by atoms with van der Waals surface area (Å²) < 4.78 is 4.94. The molecule has 3 nitrogen and oxygen atoms in total. The van der Waals surface area contributed by atoms with E-state index in [2.05, 4.69) is 11.9 Å². The van der Waals surface area contributed by atoms with Crippen molar-refractivity contribution in [3.8, 4) is 0 Å². The molecule has 0 fully saturated rings. The van der Waals surface area contributed by atoms with Crippen LogP contribution in [0.5, 0.6) is 0 Å². The molecule has 1 aromatic heterocycles. The first-order chi connectivity index (χ1) is 6.24. The molecule has 0 aromatic carbocycles. The molecule has 1 amide bonds. The third-order valence-corrected chi connectivity index (χ3v) is 1.64. The second-order valence-corrected chi connectivity index (χ2v) is 2.88. The van der Waals surface area contributed by atoms with Crippen LogP contribution in [0.25, 0.3) is 0 Å². The summed E-state index contributed by atoms with van der Waals surface area (Å²) in [7, 11) is 0.